The Bertz CT molecular complexity index is 421. The molecular formula is C10H10Cl2N4. The van der Waals surface area contributed by atoms with Gasteiger partial charge >= 0.3 is 0 Å². The molecule has 1 aromatic rings. The molecule has 0 unspecified atom stereocenters. The van der Waals surface area contributed by atoms with Crippen molar-refractivity contribution in [3.8, 4) is 6.07 Å². The maximum atomic E-state index is 8.80. The summed E-state index contributed by atoms with van der Waals surface area (Å²) in [6.45, 7) is 1.54. The molecule has 0 atom stereocenters. The molecule has 6 heteroatoms. The van der Waals surface area contributed by atoms with Crippen LogP contribution in [0.3, 0.4) is 0 Å². The lowest BCUT2D eigenvalue weighted by molar-refractivity contribution is 0.485. The lowest BCUT2D eigenvalue weighted by Crippen LogP contribution is -2.34. The standard InChI is InChI=1S/C10H10Cl2N4/c11-8-6-14-9(12)10(15-8)16-3-1-7(5-13)2-4-16/h6-7H,1-4H2. The van der Waals surface area contributed by atoms with Gasteiger partial charge in [0.15, 0.2) is 11.0 Å². The number of nitrogens with zero attached hydrogens (tertiary/aromatic N) is 4. The van der Waals surface area contributed by atoms with Gasteiger partial charge in [0.2, 0.25) is 0 Å². The largest absolute Gasteiger partial charge is 0.354 e. The van der Waals surface area contributed by atoms with Crippen molar-refractivity contribution < 1.29 is 0 Å². The maximum absolute atomic E-state index is 8.80. The van der Waals surface area contributed by atoms with Crippen LogP contribution in [-0.2, 0) is 0 Å². The van der Waals surface area contributed by atoms with E-state index in [0.717, 1.165) is 25.9 Å². The van der Waals surface area contributed by atoms with Gasteiger partial charge in [-0.25, -0.2) is 9.97 Å². The minimum atomic E-state index is 0.141. The number of aromatic nitrogens is 2. The average Bonchev–Trinajstić information content (AvgIpc) is 2.32. The number of hydrogen-bond donors (Lipinski definition) is 0. The first-order valence-electron chi connectivity index (χ1n) is 5.03. The Labute approximate surface area is 104 Å². The molecule has 84 valence electrons. The van der Waals surface area contributed by atoms with Crippen molar-refractivity contribution in [1.82, 2.24) is 9.97 Å². The van der Waals surface area contributed by atoms with E-state index in [4.69, 9.17) is 28.5 Å². The summed E-state index contributed by atoms with van der Waals surface area (Å²) in [5.41, 5.74) is 0. The summed E-state index contributed by atoms with van der Waals surface area (Å²) in [6.07, 6.45) is 3.09. The van der Waals surface area contributed by atoms with Crippen LogP contribution in [0.2, 0.25) is 10.3 Å². The van der Waals surface area contributed by atoms with Crippen molar-refractivity contribution in [2.75, 3.05) is 18.0 Å². The summed E-state index contributed by atoms with van der Waals surface area (Å²) in [5, 5.41) is 9.50. The van der Waals surface area contributed by atoms with Crippen LogP contribution in [0.25, 0.3) is 0 Å². The highest BCUT2D eigenvalue weighted by Crippen LogP contribution is 2.27. The first kappa shape index (κ1) is 11.4. The van der Waals surface area contributed by atoms with Crippen molar-refractivity contribution in [3.05, 3.63) is 16.5 Å². The lowest BCUT2D eigenvalue weighted by atomic mass is 9.99. The molecule has 1 fully saturated rings. The Morgan fingerprint density at radius 2 is 2.06 bits per heavy atom. The average molecular weight is 257 g/mol. The summed E-state index contributed by atoms with van der Waals surface area (Å²) in [6, 6.07) is 2.28. The molecule has 16 heavy (non-hydrogen) atoms. The van der Waals surface area contributed by atoms with Gasteiger partial charge in [-0.3, -0.25) is 0 Å². The highest BCUT2D eigenvalue weighted by atomic mass is 35.5. The molecule has 0 radical (unpaired) electrons. The molecule has 0 bridgehead atoms. The third-order valence-corrected chi connectivity index (χ3v) is 3.11. The van der Waals surface area contributed by atoms with E-state index in [2.05, 4.69) is 16.0 Å². The van der Waals surface area contributed by atoms with Crippen LogP contribution in [0, 0.1) is 17.2 Å². The van der Waals surface area contributed by atoms with Crippen LogP contribution >= 0.6 is 23.2 Å². The van der Waals surface area contributed by atoms with E-state index in [9.17, 15) is 0 Å². The molecule has 1 saturated heterocycles. The topological polar surface area (TPSA) is 52.8 Å². The molecule has 2 heterocycles. The molecule has 4 nitrogen and oxygen atoms in total. The lowest BCUT2D eigenvalue weighted by Gasteiger charge is -2.30. The molecule has 1 aliphatic heterocycles. The quantitative estimate of drug-likeness (QED) is 0.775. The smallest absolute Gasteiger partial charge is 0.171 e. The Kier molecular flexibility index (Phi) is 3.47. The third kappa shape index (κ3) is 2.37. The first-order chi connectivity index (χ1) is 7.70. The van der Waals surface area contributed by atoms with Crippen molar-refractivity contribution in [3.63, 3.8) is 0 Å². The van der Waals surface area contributed by atoms with Gasteiger partial charge in [-0.05, 0) is 12.8 Å². The molecule has 0 N–H and O–H groups in total. The van der Waals surface area contributed by atoms with Crippen LogP contribution in [0.4, 0.5) is 5.82 Å². The van der Waals surface area contributed by atoms with Gasteiger partial charge in [-0.2, -0.15) is 5.26 Å². The number of nitriles is 1. The van der Waals surface area contributed by atoms with E-state index in [1.165, 1.54) is 6.20 Å². The first-order valence-corrected chi connectivity index (χ1v) is 5.79. The normalized spacial score (nSPS) is 17.2. The Morgan fingerprint density at radius 1 is 1.38 bits per heavy atom. The SMILES string of the molecule is N#CC1CCN(c2nc(Cl)cnc2Cl)CC1. The van der Waals surface area contributed by atoms with Gasteiger partial charge < -0.3 is 4.90 Å². The second-order valence-corrected chi connectivity index (χ2v) is 4.44. The summed E-state index contributed by atoms with van der Waals surface area (Å²) in [5.74, 6) is 0.757. The van der Waals surface area contributed by atoms with Crippen molar-refractivity contribution >= 4 is 29.0 Å². The van der Waals surface area contributed by atoms with E-state index in [0.29, 0.717) is 16.1 Å². The van der Waals surface area contributed by atoms with E-state index < -0.39 is 0 Å². The van der Waals surface area contributed by atoms with Gasteiger partial charge in [0.25, 0.3) is 0 Å². The Morgan fingerprint density at radius 3 is 2.69 bits per heavy atom. The fraction of sp³-hybridized carbons (Fsp3) is 0.500. The van der Waals surface area contributed by atoms with Gasteiger partial charge in [-0.15, -0.1) is 0 Å². The predicted molar refractivity (Wildman–Crippen MR) is 62.6 cm³/mol. The highest BCUT2D eigenvalue weighted by Gasteiger charge is 2.21. The van der Waals surface area contributed by atoms with Crippen molar-refractivity contribution in [2.45, 2.75) is 12.8 Å². The molecule has 0 saturated carbocycles. The molecular weight excluding hydrogens is 247 g/mol. The van der Waals surface area contributed by atoms with E-state index in [-0.39, 0.29) is 5.92 Å². The van der Waals surface area contributed by atoms with E-state index in [1.54, 1.807) is 0 Å². The van der Waals surface area contributed by atoms with Crippen molar-refractivity contribution in [1.29, 1.82) is 5.26 Å². The second kappa shape index (κ2) is 4.86. The molecule has 0 aromatic carbocycles. The zero-order chi connectivity index (χ0) is 11.5. The Hall–Kier alpha value is -1.05. The van der Waals surface area contributed by atoms with Gasteiger partial charge in [0.05, 0.1) is 12.3 Å². The summed E-state index contributed by atoms with van der Waals surface area (Å²) in [4.78, 5) is 10.1. The van der Waals surface area contributed by atoms with Crippen LogP contribution in [0.5, 0.6) is 0 Å². The van der Waals surface area contributed by atoms with Gasteiger partial charge in [0.1, 0.15) is 5.15 Å². The van der Waals surface area contributed by atoms with Crippen molar-refractivity contribution in [2.24, 2.45) is 5.92 Å². The fourth-order valence-corrected chi connectivity index (χ4v) is 2.10. The van der Waals surface area contributed by atoms with E-state index >= 15 is 0 Å². The minimum Gasteiger partial charge on any atom is -0.354 e. The summed E-state index contributed by atoms with van der Waals surface area (Å²) in [7, 11) is 0. The maximum Gasteiger partial charge on any atom is 0.171 e. The predicted octanol–water partition coefficient (Wildman–Crippen LogP) is 2.52. The molecule has 0 aliphatic carbocycles. The zero-order valence-corrected chi connectivity index (χ0v) is 10.0. The number of rotatable bonds is 1. The molecule has 0 spiro atoms. The van der Waals surface area contributed by atoms with Crippen LogP contribution in [-0.4, -0.2) is 23.1 Å². The summed E-state index contributed by atoms with van der Waals surface area (Å²) >= 11 is 11.7. The molecule has 1 aromatic heterocycles. The minimum absolute atomic E-state index is 0.141. The molecule has 1 aliphatic rings. The van der Waals surface area contributed by atoms with Crippen LogP contribution < -0.4 is 4.90 Å². The van der Waals surface area contributed by atoms with Gasteiger partial charge in [-0.1, -0.05) is 23.2 Å². The van der Waals surface area contributed by atoms with E-state index in [1.807, 2.05) is 4.90 Å². The molecule has 0 amide bonds. The number of hydrogen-bond acceptors (Lipinski definition) is 4. The number of anilines is 1. The molecule has 2 rings (SSSR count). The fourth-order valence-electron chi connectivity index (χ4n) is 1.77. The van der Waals surface area contributed by atoms with Gasteiger partial charge in [0, 0.05) is 19.0 Å². The monoisotopic (exact) mass is 256 g/mol. The highest BCUT2D eigenvalue weighted by molar-refractivity contribution is 6.33. The Balaban J connectivity index is 2.14. The van der Waals surface area contributed by atoms with Crippen LogP contribution in [0.1, 0.15) is 12.8 Å². The third-order valence-electron chi connectivity index (χ3n) is 2.66. The number of halogens is 2. The number of piperidine rings is 1. The second-order valence-electron chi connectivity index (χ2n) is 3.70. The van der Waals surface area contributed by atoms with Crippen LogP contribution in [0.15, 0.2) is 6.20 Å². The zero-order valence-electron chi connectivity index (χ0n) is 8.53. The summed E-state index contributed by atoms with van der Waals surface area (Å²) < 4.78 is 0.